The summed E-state index contributed by atoms with van der Waals surface area (Å²) in [4.78, 5) is 11.7. The van der Waals surface area contributed by atoms with E-state index in [0.29, 0.717) is 18.8 Å². The Morgan fingerprint density at radius 2 is 1.92 bits per heavy atom. The molecule has 2 rings (SSSR count). The molecule has 0 aliphatic rings. The lowest BCUT2D eigenvalue weighted by Crippen LogP contribution is -2.12. The first kappa shape index (κ1) is 17.9. The van der Waals surface area contributed by atoms with Crippen molar-refractivity contribution in [2.75, 3.05) is 12.4 Å². The van der Waals surface area contributed by atoms with E-state index >= 15 is 0 Å². The van der Waals surface area contributed by atoms with Gasteiger partial charge < -0.3 is 14.8 Å². The maximum Gasteiger partial charge on any atom is 0.224 e. The first-order valence-electron chi connectivity index (χ1n) is 8.26. The minimum atomic E-state index is -0.0343. The van der Waals surface area contributed by atoms with Gasteiger partial charge in [0, 0.05) is 18.1 Å². The zero-order valence-electron chi connectivity index (χ0n) is 14.8. The monoisotopic (exact) mass is 327 g/mol. The highest BCUT2D eigenvalue weighted by molar-refractivity contribution is 5.91. The maximum absolute atomic E-state index is 11.7. The summed E-state index contributed by atoms with van der Waals surface area (Å²) in [7, 11) is 1.61. The fourth-order valence-electron chi connectivity index (χ4n) is 2.41. The van der Waals surface area contributed by atoms with E-state index in [-0.39, 0.29) is 5.91 Å². The highest BCUT2D eigenvalue weighted by Crippen LogP contribution is 2.26. The zero-order valence-corrected chi connectivity index (χ0v) is 14.8. The van der Waals surface area contributed by atoms with Crippen LogP contribution in [-0.2, 0) is 17.8 Å². The number of aryl methyl sites for hydroxylation is 2. The number of carbonyl (C=O) groups is 1. The van der Waals surface area contributed by atoms with Gasteiger partial charge in [-0.2, -0.15) is 0 Å². The molecule has 0 bridgehead atoms. The Bertz CT molecular complexity index is 710. The number of nitrogens with one attached hydrogen (secondary N) is 1. The topological polar surface area (TPSA) is 47.6 Å². The Balaban J connectivity index is 2.18. The van der Waals surface area contributed by atoms with Gasteiger partial charge in [0.25, 0.3) is 0 Å². The molecule has 24 heavy (non-hydrogen) atoms. The number of benzene rings is 2. The summed E-state index contributed by atoms with van der Waals surface area (Å²) >= 11 is 0. The third kappa shape index (κ3) is 4.51. The van der Waals surface area contributed by atoms with Crippen LogP contribution < -0.4 is 14.8 Å². The van der Waals surface area contributed by atoms with Gasteiger partial charge in [0.1, 0.15) is 18.1 Å². The fraction of sp³-hybridized carbons (Fsp3) is 0.350. The van der Waals surface area contributed by atoms with E-state index in [1.807, 2.05) is 38.1 Å². The average molecular weight is 327 g/mol. The molecular formula is C20H25NO3. The molecule has 1 amide bonds. The molecule has 2 aromatic rings. The molecule has 0 heterocycles. The molecule has 0 fully saturated rings. The van der Waals surface area contributed by atoms with Gasteiger partial charge in [-0.05, 0) is 42.7 Å². The quantitative estimate of drug-likeness (QED) is 0.815. The first-order chi connectivity index (χ1) is 11.6. The van der Waals surface area contributed by atoms with E-state index in [1.54, 1.807) is 7.11 Å². The Kier molecular flexibility index (Phi) is 6.24. The van der Waals surface area contributed by atoms with Crippen LogP contribution in [0.3, 0.4) is 0 Å². The summed E-state index contributed by atoms with van der Waals surface area (Å²) in [6.45, 7) is 6.39. The normalized spacial score (nSPS) is 10.3. The number of hydrogen-bond donors (Lipinski definition) is 1. The number of hydrogen-bond acceptors (Lipinski definition) is 3. The van der Waals surface area contributed by atoms with Gasteiger partial charge in [-0.25, -0.2) is 0 Å². The molecule has 4 nitrogen and oxygen atoms in total. The van der Waals surface area contributed by atoms with Crippen molar-refractivity contribution >= 4 is 11.6 Å². The Morgan fingerprint density at radius 3 is 2.54 bits per heavy atom. The number of carbonyl (C=O) groups excluding carboxylic acids is 1. The molecule has 0 saturated heterocycles. The van der Waals surface area contributed by atoms with Crippen molar-refractivity contribution in [3.05, 3.63) is 53.1 Å². The predicted octanol–water partition coefficient (Wildman–Crippen LogP) is 4.49. The van der Waals surface area contributed by atoms with Gasteiger partial charge >= 0.3 is 0 Å². The maximum atomic E-state index is 11.7. The van der Waals surface area contributed by atoms with Crippen LogP contribution in [-0.4, -0.2) is 13.0 Å². The van der Waals surface area contributed by atoms with E-state index in [4.69, 9.17) is 9.47 Å². The summed E-state index contributed by atoms with van der Waals surface area (Å²) < 4.78 is 11.2. The Morgan fingerprint density at radius 1 is 1.12 bits per heavy atom. The van der Waals surface area contributed by atoms with Gasteiger partial charge in [0.05, 0.1) is 12.8 Å². The zero-order chi connectivity index (χ0) is 17.5. The lowest BCUT2D eigenvalue weighted by molar-refractivity contribution is -0.115. The highest BCUT2D eigenvalue weighted by atomic mass is 16.5. The molecule has 128 valence electrons. The average Bonchev–Trinajstić information content (AvgIpc) is 2.61. The third-order valence-corrected chi connectivity index (χ3v) is 3.94. The minimum absolute atomic E-state index is 0.0343. The van der Waals surface area contributed by atoms with Crippen molar-refractivity contribution in [2.45, 2.75) is 40.2 Å². The second-order valence-corrected chi connectivity index (χ2v) is 5.67. The summed E-state index contributed by atoms with van der Waals surface area (Å²) in [6, 6.07) is 11.8. The highest BCUT2D eigenvalue weighted by Gasteiger charge is 2.09. The molecule has 1 N–H and O–H groups in total. The van der Waals surface area contributed by atoms with Gasteiger partial charge in [-0.15, -0.1) is 0 Å². The number of ether oxygens (including phenoxy) is 2. The molecular weight excluding hydrogens is 302 g/mol. The van der Waals surface area contributed by atoms with Gasteiger partial charge in [-0.3, -0.25) is 4.79 Å². The molecule has 0 radical (unpaired) electrons. The number of anilines is 1. The van der Waals surface area contributed by atoms with Crippen LogP contribution in [0.1, 0.15) is 37.0 Å². The summed E-state index contributed by atoms with van der Waals surface area (Å²) in [6.07, 6.45) is 1.43. The van der Waals surface area contributed by atoms with Crippen molar-refractivity contribution in [3.63, 3.8) is 0 Å². The SMILES string of the molecule is CCC(=O)Nc1cc(OC)ccc1COc1ccc(CC)cc1C. The molecule has 0 aromatic heterocycles. The number of rotatable bonds is 7. The summed E-state index contributed by atoms with van der Waals surface area (Å²) in [5.74, 6) is 1.53. The predicted molar refractivity (Wildman–Crippen MR) is 96.8 cm³/mol. The number of methoxy groups -OCH3 is 1. The molecule has 0 aliphatic heterocycles. The van der Waals surface area contributed by atoms with Gasteiger partial charge in [-0.1, -0.05) is 26.0 Å². The standard InChI is InChI=1S/C20H25NO3/c1-5-15-7-10-19(14(3)11-15)24-13-16-8-9-17(23-4)12-18(16)21-20(22)6-2/h7-12H,5-6,13H2,1-4H3,(H,21,22). The van der Waals surface area contributed by atoms with E-state index < -0.39 is 0 Å². The molecule has 0 unspecified atom stereocenters. The van der Waals surface area contributed by atoms with E-state index in [1.165, 1.54) is 5.56 Å². The van der Waals surface area contributed by atoms with Crippen molar-refractivity contribution < 1.29 is 14.3 Å². The second-order valence-electron chi connectivity index (χ2n) is 5.67. The van der Waals surface area contributed by atoms with E-state index in [9.17, 15) is 4.79 Å². The number of amides is 1. The molecule has 2 aromatic carbocycles. The largest absolute Gasteiger partial charge is 0.497 e. The van der Waals surface area contributed by atoms with Crippen molar-refractivity contribution in [3.8, 4) is 11.5 Å². The molecule has 4 heteroatoms. The smallest absolute Gasteiger partial charge is 0.224 e. The van der Waals surface area contributed by atoms with Crippen LogP contribution in [0.2, 0.25) is 0 Å². The Hall–Kier alpha value is -2.49. The summed E-state index contributed by atoms with van der Waals surface area (Å²) in [5.41, 5.74) is 4.04. The van der Waals surface area contributed by atoms with Crippen molar-refractivity contribution in [1.29, 1.82) is 0 Å². The van der Waals surface area contributed by atoms with Gasteiger partial charge in [0.2, 0.25) is 5.91 Å². The lowest BCUT2D eigenvalue weighted by Gasteiger charge is -2.15. The van der Waals surface area contributed by atoms with E-state index in [2.05, 4.69) is 24.4 Å². The third-order valence-electron chi connectivity index (χ3n) is 3.94. The Labute approximate surface area is 143 Å². The lowest BCUT2D eigenvalue weighted by atomic mass is 10.1. The second kappa shape index (κ2) is 8.39. The minimum Gasteiger partial charge on any atom is -0.497 e. The molecule has 0 spiro atoms. The summed E-state index contributed by atoms with van der Waals surface area (Å²) in [5, 5.41) is 2.91. The van der Waals surface area contributed by atoms with E-state index in [0.717, 1.165) is 29.0 Å². The van der Waals surface area contributed by atoms with Crippen LogP contribution in [0.15, 0.2) is 36.4 Å². The van der Waals surface area contributed by atoms with Crippen molar-refractivity contribution in [2.24, 2.45) is 0 Å². The fourth-order valence-corrected chi connectivity index (χ4v) is 2.41. The van der Waals surface area contributed by atoms with Crippen LogP contribution in [0.25, 0.3) is 0 Å². The van der Waals surface area contributed by atoms with Crippen LogP contribution in [0.5, 0.6) is 11.5 Å². The van der Waals surface area contributed by atoms with Crippen LogP contribution >= 0.6 is 0 Å². The molecule has 0 saturated carbocycles. The first-order valence-corrected chi connectivity index (χ1v) is 8.26. The van der Waals surface area contributed by atoms with Crippen LogP contribution in [0.4, 0.5) is 5.69 Å². The molecule has 0 aliphatic carbocycles. The van der Waals surface area contributed by atoms with Gasteiger partial charge in [0.15, 0.2) is 0 Å². The molecule has 0 atom stereocenters. The van der Waals surface area contributed by atoms with Crippen LogP contribution in [0, 0.1) is 6.92 Å². The van der Waals surface area contributed by atoms with Crippen molar-refractivity contribution in [1.82, 2.24) is 0 Å².